The summed E-state index contributed by atoms with van der Waals surface area (Å²) in [6, 6.07) is 15.2. The number of fused-ring (bicyclic) bond motifs is 1. The average Bonchev–Trinajstić information content (AvgIpc) is 3.24. The molecule has 0 saturated heterocycles. The third-order valence-electron chi connectivity index (χ3n) is 5.25. The lowest BCUT2D eigenvalue weighted by molar-refractivity contribution is -0.278. The van der Waals surface area contributed by atoms with Crippen molar-refractivity contribution in [2.24, 2.45) is 0 Å². The number of ether oxygens (including phenoxy) is 2. The number of rotatable bonds is 7. The molecule has 0 amide bonds. The number of anilines is 4. The summed E-state index contributed by atoms with van der Waals surface area (Å²) in [5.41, 5.74) is 1.23. The second-order valence-corrected chi connectivity index (χ2v) is 7.52. The Hall–Kier alpha value is -4.98. The zero-order valence-corrected chi connectivity index (χ0v) is 19.0. The molecule has 0 unspecified atom stereocenters. The summed E-state index contributed by atoms with van der Waals surface area (Å²) in [5, 5.41) is 5.69. The highest BCUT2D eigenvalue weighted by molar-refractivity contribution is 5.78. The van der Waals surface area contributed by atoms with Crippen LogP contribution in [-0.4, -0.2) is 28.8 Å². The van der Waals surface area contributed by atoms with Crippen LogP contribution in [0.1, 0.15) is 0 Å². The van der Waals surface area contributed by atoms with Crippen LogP contribution in [0.4, 0.5) is 36.4 Å². The zero-order valence-electron chi connectivity index (χ0n) is 19.0. The predicted octanol–water partition coefficient (Wildman–Crippen LogP) is 4.74. The van der Waals surface area contributed by atoms with E-state index in [4.69, 9.17) is 9.47 Å². The molecule has 0 saturated carbocycles. The van der Waals surface area contributed by atoms with E-state index in [2.05, 4.69) is 31.8 Å². The van der Waals surface area contributed by atoms with Crippen molar-refractivity contribution >= 4 is 34.4 Å². The Morgan fingerprint density at radius 1 is 0.833 bits per heavy atom. The molecule has 3 aromatic carbocycles. The summed E-state index contributed by atoms with van der Waals surface area (Å²) < 4.78 is 54.1. The van der Waals surface area contributed by atoms with Crippen LogP contribution in [0.2, 0.25) is 0 Å². The maximum Gasteiger partial charge on any atom is 0.496 e. The fourth-order valence-electron chi connectivity index (χ4n) is 3.51. The van der Waals surface area contributed by atoms with Gasteiger partial charge in [-0.2, -0.15) is 9.97 Å². The minimum atomic E-state index is -1.11. The molecule has 5 rings (SSSR count). The van der Waals surface area contributed by atoms with E-state index >= 15 is 0 Å². The van der Waals surface area contributed by atoms with Gasteiger partial charge < -0.3 is 14.8 Å². The molecule has 0 aliphatic rings. The molecular formula is C25H18F3N6O2+. The molecule has 0 radical (unpaired) electrons. The van der Waals surface area contributed by atoms with Gasteiger partial charge in [0.1, 0.15) is 28.7 Å². The van der Waals surface area contributed by atoms with Gasteiger partial charge in [0.05, 0.1) is 19.9 Å². The van der Waals surface area contributed by atoms with Crippen molar-refractivity contribution in [3.05, 3.63) is 84.3 Å². The SMILES string of the molecule is COc1ccc(Nc2nc3c(c#[n+]2)nc(Nc2c(F)cc(F)cc2F)n3-c2ccc(OC)cc2)cc1. The van der Waals surface area contributed by atoms with Crippen LogP contribution in [0.3, 0.4) is 0 Å². The Bertz CT molecular complexity index is 1520. The van der Waals surface area contributed by atoms with Crippen molar-refractivity contribution in [1.82, 2.24) is 14.5 Å². The summed E-state index contributed by atoms with van der Waals surface area (Å²) in [7, 11) is 3.11. The standard InChI is InChI=1S/C25H17F3N6O2/c1-35-17-7-3-15(4-8-17)30-24-29-13-21-23(33-24)34(16-5-9-18(36-2)10-6-16)25(31-21)32-22-19(27)11-14(26)12-20(22)28/h3-12H,1-2H3,(H,31,32)/p+1. The summed E-state index contributed by atoms with van der Waals surface area (Å²) in [5.74, 6) is -1.73. The topological polar surface area (TPSA) is 87.3 Å². The maximum atomic E-state index is 14.4. The van der Waals surface area contributed by atoms with Crippen LogP contribution in [-0.2, 0) is 0 Å². The summed E-state index contributed by atoms with van der Waals surface area (Å²) in [6.45, 7) is 0. The molecular weight excluding hydrogens is 473 g/mol. The third-order valence-corrected chi connectivity index (χ3v) is 5.25. The third kappa shape index (κ3) is 4.39. The molecule has 0 aliphatic heterocycles. The summed E-state index contributed by atoms with van der Waals surface area (Å²) in [4.78, 5) is 13.1. The van der Waals surface area contributed by atoms with E-state index < -0.39 is 23.1 Å². The van der Waals surface area contributed by atoms with E-state index in [1.165, 1.54) is 11.7 Å². The van der Waals surface area contributed by atoms with Crippen LogP contribution >= 0.6 is 0 Å². The lowest BCUT2D eigenvalue weighted by atomic mass is 10.2. The molecule has 0 fully saturated rings. The number of halogens is 3. The van der Waals surface area contributed by atoms with E-state index in [0.717, 1.165) is 0 Å². The molecule has 2 heterocycles. The quantitative estimate of drug-likeness (QED) is 0.340. The van der Waals surface area contributed by atoms with Crippen molar-refractivity contribution < 1.29 is 27.6 Å². The van der Waals surface area contributed by atoms with Crippen molar-refractivity contribution in [2.45, 2.75) is 0 Å². The van der Waals surface area contributed by atoms with Crippen molar-refractivity contribution in [1.29, 1.82) is 0 Å². The minimum Gasteiger partial charge on any atom is -0.497 e. The first kappa shape index (κ1) is 22.8. The van der Waals surface area contributed by atoms with Crippen molar-refractivity contribution in [2.75, 3.05) is 24.9 Å². The van der Waals surface area contributed by atoms with Gasteiger partial charge in [0, 0.05) is 12.1 Å². The van der Waals surface area contributed by atoms with Crippen LogP contribution in [0.15, 0.2) is 60.7 Å². The molecule has 2 aromatic heterocycles. The van der Waals surface area contributed by atoms with E-state index in [1.807, 2.05) is 0 Å². The molecule has 180 valence electrons. The largest absolute Gasteiger partial charge is 0.497 e. The van der Waals surface area contributed by atoms with Crippen LogP contribution < -0.4 is 25.1 Å². The first-order valence-corrected chi connectivity index (χ1v) is 10.6. The zero-order chi connectivity index (χ0) is 25.2. The fraction of sp³-hybridized carbons (Fsp3) is 0.0800. The Labute approximate surface area is 203 Å². The number of benzene rings is 3. The maximum absolute atomic E-state index is 14.4. The highest BCUT2D eigenvalue weighted by Crippen LogP contribution is 2.29. The molecule has 0 aliphatic carbocycles. The number of nitrogens with zero attached hydrogens (tertiary/aromatic N) is 4. The second kappa shape index (κ2) is 9.34. The average molecular weight is 491 g/mol. The molecule has 0 atom stereocenters. The van der Waals surface area contributed by atoms with Crippen LogP contribution in [0.25, 0.3) is 16.9 Å². The number of hydrogen-bond donors (Lipinski definition) is 2. The van der Waals surface area contributed by atoms with Gasteiger partial charge in [0.15, 0.2) is 17.8 Å². The van der Waals surface area contributed by atoms with E-state index in [1.54, 1.807) is 55.6 Å². The monoisotopic (exact) mass is 491 g/mol. The van der Waals surface area contributed by atoms with Gasteiger partial charge in [-0.25, -0.2) is 23.1 Å². The van der Waals surface area contributed by atoms with Crippen molar-refractivity contribution in [3.63, 3.8) is 0 Å². The Balaban J connectivity index is 1.61. The number of methoxy groups -OCH3 is 2. The number of hydrogen-bond acceptors (Lipinski definition) is 6. The molecule has 5 aromatic rings. The lowest BCUT2D eigenvalue weighted by Crippen LogP contribution is -2.08. The predicted molar refractivity (Wildman–Crippen MR) is 126 cm³/mol. The van der Waals surface area contributed by atoms with E-state index in [0.29, 0.717) is 40.7 Å². The minimum absolute atomic E-state index is 0.0201. The Morgan fingerprint density at radius 3 is 2.06 bits per heavy atom. The molecule has 2 N–H and O–H groups in total. The van der Waals surface area contributed by atoms with Gasteiger partial charge in [0.25, 0.3) is 5.65 Å². The first-order chi connectivity index (χ1) is 17.4. The van der Waals surface area contributed by atoms with Crippen LogP contribution in [0.5, 0.6) is 11.5 Å². The van der Waals surface area contributed by atoms with E-state index in [-0.39, 0.29) is 17.4 Å². The van der Waals surface area contributed by atoms with Gasteiger partial charge in [-0.15, -0.1) is 0 Å². The normalized spacial score (nSPS) is 10.7. The lowest BCUT2D eigenvalue weighted by Gasteiger charge is -2.11. The van der Waals surface area contributed by atoms with E-state index in [9.17, 15) is 13.2 Å². The van der Waals surface area contributed by atoms with Gasteiger partial charge in [-0.1, -0.05) is 0 Å². The number of imidazole rings is 1. The molecule has 0 spiro atoms. The van der Waals surface area contributed by atoms with Crippen molar-refractivity contribution in [3.8, 4) is 17.2 Å². The molecule has 36 heavy (non-hydrogen) atoms. The van der Waals surface area contributed by atoms with Gasteiger partial charge in [-0.05, 0) is 53.5 Å². The molecule has 11 heteroatoms. The Kier molecular flexibility index (Phi) is 5.92. The van der Waals surface area contributed by atoms with Gasteiger partial charge in [-0.3, -0.25) is 0 Å². The highest BCUT2D eigenvalue weighted by atomic mass is 19.1. The smallest absolute Gasteiger partial charge is 0.496 e. The van der Waals surface area contributed by atoms with Crippen LogP contribution in [0, 0.1) is 23.6 Å². The summed E-state index contributed by atoms with van der Waals surface area (Å²) >= 11 is 0. The second-order valence-electron chi connectivity index (χ2n) is 7.52. The highest BCUT2D eigenvalue weighted by Gasteiger charge is 2.23. The van der Waals surface area contributed by atoms with Gasteiger partial charge >= 0.3 is 5.95 Å². The Morgan fingerprint density at radius 2 is 1.44 bits per heavy atom. The summed E-state index contributed by atoms with van der Waals surface area (Å²) in [6.07, 6.45) is 2.80. The molecule has 8 nitrogen and oxygen atoms in total. The number of nitrogens with one attached hydrogen (secondary N) is 2. The fourth-order valence-corrected chi connectivity index (χ4v) is 3.51. The first-order valence-electron chi connectivity index (χ1n) is 10.6. The number of aromatic nitrogens is 4. The molecule has 0 bridgehead atoms. The van der Waals surface area contributed by atoms with Gasteiger partial charge in [0.2, 0.25) is 11.5 Å².